The summed E-state index contributed by atoms with van der Waals surface area (Å²) in [5.74, 6) is 0. The van der Waals surface area contributed by atoms with Crippen LogP contribution in [0.5, 0.6) is 0 Å². The lowest BCUT2D eigenvalue weighted by Gasteiger charge is -2.36. The fraction of sp³-hybridized carbons (Fsp3) is 0.276. The highest BCUT2D eigenvalue weighted by Crippen LogP contribution is 2.46. The second kappa shape index (κ2) is 9.96. The summed E-state index contributed by atoms with van der Waals surface area (Å²) in [4.78, 5) is 15.5. The number of nitrogens with zero attached hydrogens (tertiary/aromatic N) is 2. The lowest BCUT2D eigenvalue weighted by atomic mass is 9.78. The van der Waals surface area contributed by atoms with Crippen LogP contribution in [0.1, 0.15) is 36.8 Å². The Morgan fingerprint density at radius 2 is 1.60 bits per heavy atom. The molecule has 1 N–H and O–H groups in total. The van der Waals surface area contributed by atoms with Crippen LogP contribution in [0.15, 0.2) is 79.0 Å². The number of hydrogen-bond donors (Lipinski definition) is 1. The standard InChI is InChI=1S/C29H29Cl2N3O/c1-33-19-23(22-12-5-6-15-26(22)33)29(16-7-8-17-29)20-34(27-24(30)13-9-14-25(27)31)28(35)32-18-21-10-3-2-4-11-21/h2-6,9-15,19H,7-8,16-18,20H2,1H3,(H,32,35). The molecule has 4 aromatic rings. The van der Waals surface area contributed by atoms with Gasteiger partial charge in [-0.3, -0.25) is 4.90 Å². The Labute approximate surface area is 216 Å². The van der Waals surface area contributed by atoms with Crippen molar-refractivity contribution < 1.29 is 4.79 Å². The van der Waals surface area contributed by atoms with Crippen molar-refractivity contribution in [1.29, 1.82) is 0 Å². The van der Waals surface area contributed by atoms with Gasteiger partial charge in [0.05, 0.1) is 15.7 Å². The van der Waals surface area contributed by atoms with Crippen molar-refractivity contribution in [3.8, 4) is 0 Å². The topological polar surface area (TPSA) is 37.3 Å². The molecule has 6 heteroatoms. The number of aromatic nitrogens is 1. The molecule has 5 rings (SSSR count). The third-order valence-electron chi connectivity index (χ3n) is 7.23. The number of urea groups is 1. The first kappa shape index (κ1) is 23.8. The number of halogens is 2. The number of para-hydroxylation sites is 2. The molecule has 3 aromatic carbocycles. The Hall–Kier alpha value is -2.95. The number of amides is 2. The fourth-order valence-electron chi connectivity index (χ4n) is 5.50. The molecule has 0 spiro atoms. The van der Waals surface area contributed by atoms with Gasteiger partial charge in [-0.1, -0.05) is 90.6 Å². The number of fused-ring (bicyclic) bond motifs is 1. The number of nitrogens with one attached hydrogen (secondary N) is 1. The molecule has 1 aliphatic rings. The van der Waals surface area contributed by atoms with Crippen molar-refractivity contribution in [2.45, 2.75) is 37.6 Å². The van der Waals surface area contributed by atoms with Crippen LogP contribution in [-0.4, -0.2) is 17.1 Å². The Kier molecular flexibility index (Phi) is 6.77. The number of carbonyl (C=O) groups excluding carboxylic acids is 1. The van der Waals surface area contributed by atoms with E-state index in [0.717, 1.165) is 31.2 Å². The maximum Gasteiger partial charge on any atom is 0.322 e. The van der Waals surface area contributed by atoms with Gasteiger partial charge in [-0.25, -0.2) is 4.79 Å². The first-order valence-electron chi connectivity index (χ1n) is 12.1. The molecule has 1 aliphatic carbocycles. The molecular formula is C29H29Cl2N3O. The van der Waals surface area contributed by atoms with Gasteiger partial charge in [0, 0.05) is 42.7 Å². The van der Waals surface area contributed by atoms with Crippen LogP contribution in [-0.2, 0) is 19.0 Å². The third-order valence-corrected chi connectivity index (χ3v) is 7.84. The Balaban J connectivity index is 1.55. The number of benzene rings is 3. The maximum atomic E-state index is 13.7. The highest BCUT2D eigenvalue weighted by molar-refractivity contribution is 6.39. The van der Waals surface area contributed by atoms with Gasteiger partial charge in [0.25, 0.3) is 0 Å². The van der Waals surface area contributed by atoms with Gasteiger partial charge in [0.2, 0.25) is 0 Å². The molecule has 1 fully saturated rings. The number of aryl methyl sites for hydroxylation is 1. The molecule has 0 aliphatic heterocycles. The predicted octanol–water partition coefficient (Wildman–Crippen LogP) is 7.71. The van der Waals surface area contributed by atoms with Crippen molar-refractivity contribution in [2.24, 2.45) is 7.05 Å². The molecule has 1 aromatic heterocycles. The number of hydrogen-bond acceptors (Lipinski definition) is 1. The number of carbonyl (C=O) groups is 1. The molecule has 1 heterocycles. The van der Waals surface area contributed by atoms with Crippen LogP contribution in [0.25, 0.3) is 10.9 Å². The van der Waals surface area contributed by atoms with Crippen LogP contribution in [0.3, 0.4) is 0 Å². The molecule has 4 nitrogen and oxygen atoms in total. The molecule has 1 saturated carbocycles. The van der Waals surface area contributed by atoms with E-state index < -0.39 is 0 Å². The predicted molar refractivity (Wildman–Crippen MR) is 146 cm³/mol. The van der Waals surface area contributed by atoms with Gasteiger partial charge in [-0.15, -0.1) is 0 Å². The first-order valence-corrected chi connectivity index (χ1v) is 12.8. The highest BCUT2D eigenvalue weighted by atomic mass is 35.5. The van der Waals surface area contributed by atoms with Gasteiger partial charge >= 0.3 is 6.03 Å². The van der Waals surface area contributed by atoms with E-state index in [-0.39, 0.29) is 11.4 Å². The first-order chi connectivity index (χ1) is 17.0. The largest absolute Gasteiger partial charge is 0.350 e. The quantitative estimate of drug-likeness (QED) is 0.286. The van der Waals surface area contributed by atoms with E-state index in [0.29, 0.717) is 28.8 Å². The van der Waals surface area contributed by atoms with Crippen LogP contribution in [0.4, 0.5) is 10.5 Å². The lowest BCUT2D eigenvalue weighted by Crippen LogP contribution is -2.47. The summed E-state index contributed by atoms with van der Waals surface area (Å²) in [7, 11) is 2.09. The van der Waals surface area contributed by atoms with E-state index in [1.54, 1.807) is 17.0 Å². The zero-order valence-electron chi connectivity index (χ0n) is 19.8. The molecule has 0 saturated heterocycles. The van der Waals surface area contributed by atoms with Crippen LogP contribution >= 0.6 is 23.2 Å². The van der Waals surface area contributed by atoms with Crippen molar-refractivity contribution >= 4 is 45.8 Å². The SMILES string of the molecule is Cn1cc(C2(CN(C(=O)NCc3ccccc3)c3c(Cl)cccc3Cl)CCCC2)c2ccccc21. The van der Waals surface area contributed by atoms with Gasteiger partial charge in [0.15, 0.2) is 0 Å². The van der Waals surface area contributed by atoms with Crippen LogP contribution in [0, 0.1) is 0 Å². The summed E-state index contributed by atoms with van der Waals surface area (Å²) < 4.78 is 2.19. The zero-order valence-corrected chi connectivity index (χ0v) is 21.3. The third kappa shape index (κ3) is 4.65. The van der Waals surface area contributed by atoms with Crippen molar-refractivity contribution in [3.63, 3.8) is 0 Å². The summed E-state index contributed by atoms with van der Waals surface area (Å²) >= 11 is 13.3. The normalized spacial score (nSPS) is 14.8. The van der Waals surface area contributed by atoms with Crippen molar-refractivity contribution in [1.82, 2.24) is 9.88 Å². The van der Waals surface area contributed by atoms with Gasteiger partial charge in [-0.2, -0.15) is 0 Å². The molecule has 0 atom stereocenters. The molecule has 0 bridgehead atoms. The summed E-state index contributed by atoms with van der Waals surface area (Å²) in [6.45, 7) is 0.935. The summed E-state index contributed by atoms with van der Waals surface area (Å²) in [5, 5.41) is 5.29. The maximum absolute atomic E-state index is 13.7. The average Bonchev–Trinajstić information content (AvgIpc) is 3.48. The number of anilines is 1. The van der Waals surface area contributed by atoms with Gasteiger partial charge in [0.1, 0.15) is 0 Å². The Bertz CT molecular complexity index is 1320. The fourth-order valence-corrected chi connectivity index (χ4v) is 6.10. The number of rotatable bonds is 6. The van der Waals surface area contributed by atoms with E-state index in [1.807, 2.05) is 36.4 Å². The molecule has 35 heavy (non-hydrogen) atoms. The van der Waals surface area contributed by atoms with E-state index in [1.165, 1.54) is 16.5 Å². The lowest BCUT2D eigenvalue weighted by molar-refractivity contribution is 0.243. The molecule has 2 amide bonds. The minimum Gasteiger partial charge on any atom is -0.350 e. The van der Waals surface area contributed by atoms with E-state index >= 15 is 0 Å². The molecule has 0 unspecified atom stereocenters. The second-order valence-electron chi connectivity index (χ2n) is 9.46. The van der Waals surface area contributed by atoms with Crippen molar-refractivity contribution in [3.05, 3.63) is 100 Å². The van der Waals surface area contributed by atoms with Crippen molar-refractivity contribution in [2.75, 3.05) is 11.4 Å². The van der Waals surface area contributed by atoms with Gasteiger partial charge in [-0.05, 0) is 42.2 Å². The minimum absolute atomic E-state index is 0.187. The molecule has 180 valence electrons. The minimum atomic E-state index is -0.199. The second-order valence-corrected chi connectivity index (χ2v) is 10.3. The Morgan fingerprint density at radius 1 is 0.943 bits per heavy atom. The van der Waals surface area contributed by atoms with E-state index in [4.69, 9.17) is 23.2 Å². The summed E-state index contributed by atoms with van der Waals surface area (Å²) in [5.41, 5.74) is 3.90. The summed E-state index contributed by atoms with van der Waals surface area (Å²) in [6, 6.07) is 23.6. The van der Waals surface area contributed by atoms with Crippen LogP contribution in [0.2, 0.25) is 10.0 Å². The van der Waals surface area contributed by atoms with E-state index in [2.05, 4.69) is 47.4 Å². The van der Waals surface area contributed by atoms with Crippen LogP contribution < -0.4 is 10.2 Å². The average molecular weight is 506 g/mol. The summed E-state index contributed by atoms with van der Waals surface area (Å²) in [6.07, 6.45) is 6.50. The molecular weight excluding hydrogens is 477 g/mol. The van der Waals surface area contributed by atoms with Gasteiger partial charge < -0.3 is 9.88 Å². The Morgan fingerprint density at radius 3 is 2.31 bits per heavy atom. The monoisotopic (exact) mass is 505 g/mol. The smallest absolute Gasteiger partial charge is 0.322 e. The molecule has 0 radical (unpaired) electrons. The highest BCUT2D eigenvalue weighted by Gasteiger charge is 2.41. The zero-order chi connectivity index (χ0) is 24.4. The van der Waals surface area contributed by atoms with E-state index in [9.17, 15) is 4.79 Å².